The van der Waals surface area contributed by atoms with Crippen molar-refractivity contribution in [3.8, 4) is 0 Å². The minimum atomic E-state index is 0.367. The number of rotatable bonds is 3. The number of hydrogen-bond donors (Lipinski definition) is 1. The van der Waals surface area contributed by atoms with E-state index >= 15 is 0 Å². The number of fused-ring (bicyclic) bond motifs is 1. The Morgan fingerprint density at radius 2 is 2.15 bits per heavy atom. The molecule has 2 atom stereocenters. The van der Waals surface area contributed by atoms with Gasteiger partial charge in [-0.25, -0.2) is 0 Å². The zero-order valence-electron chi connectivity index (χ0n) is 11.9. The first kappa shape index (κ1) is 14.1. The molecule has 1 aliphatic rings. The lowest BCUT2D eigenvalue weighted by molar-refractivity contribution is 0.417. The molecule has 0 radical (unpaired) electrons. The van der Waals surface area contributed by atoms with Gasteiger partial charge < -0.3 is 5.32 Å². The first-order valence-electron chi connectivity index (χ1n) is 7.25. The van der Waals surface area contributed by atoms with Crippen molar-refractivity contribution in [1.82, 2.24) is 5.32 Å². The molecule has 1 unspecified atom stereocenters. The number of benzene rings is 1. The van der Waals surface area contributed by atoms with Crippen LogP contribution in [0.3, 0.4) is 0 Å². The van der Waals surface area contributed by atoms with E-state index in [-0.39, 0.29) is 0 Å². The van der Waals surface area contributed by atoms with E-state index in [2.05, 4.69) is 49.5 Å². The van der Waals surface area contributed by atoms with Gasteiger partial charge in [0, 0.05) is 17.0 Å². The van der Waals surface area contributed by atoms with E-state index in [0.717, 1.165) is 4.34 Å². The maximum absolute atomic E-state index is 6.19. The maximum atomic E-state index is 6.19. The third kappa shape index (κ3) is 2.78. The van der Waals surface area contributed by atoms with Crippen LogP contribution in [0.15, 0.2) is 30.3 Å². The lowest BCUT2D eigenvalue weighted by Crippen LogP contribution is -2.27. The predicted octanol–water partition coefficient (Wildman–Crippen LogP) is 5.44. The van der Waals surface area contributed by atoms with Crippen molar-refractivity contribution in [3.63, 3.8) is 0 Å². The van der Waals surface area contributed by atoms with Crippen LogP contribution in [0.2, 0.25) is 4.34 Å². The van der Waals surface area contributed by atoms with Gasteiger partial charge in [0.05, 0.1) is 4.34 Å². The van der Waals surface area contributed by atoms with E-state index in [4.69, 9.17) is 11.6 Å². The van der Waals surface area contributed by atoms with E-state index in [1.165, 1.54) is 40.8 Å². The molecule has 3 rings (SSSR count). The zero-order valence-corrected chi connectivity index (χ0v) is 13.5. The molecule has 0 saturated heterocycles. The van der Waals surface area contributed by atoms with Gasteiger partial charge in [0.2, 0.25) is 0 Å². The van der Waals surface area contributed by atoms with Crippen molar-refractivity contribution in [2.75, 3.05) is 0 Å². The highest BCUT2D eigenvalue weighted by atomic mass is 35.5. The van der Waals surface area contributed by atoms with Crippen LogP contribution in [0.4, 0.5) is 0 Å². The summed E-state index contributed by atoms with van der Waals surface area (Å²) in [6.07, 6.45) is 3.64. The second-order valence-electron chi connectivity index (χ2n) is 5.62. The molecule has 1 aromatic heterocycles. The molecule has 1 N–H and O–H groups in total. The molecule has 1 nitrogen and oxygen atoms in total. The van der Waals surface area contributed by atoms with Gasteiger partial charge in [0.25, 0.3) is 0 Å². The van der Waals surface area contributed by atoms with Crippen molar-refractivity contribution in [2.24, 2.45) is 0 Å². The first-order valence-corrected chi connectivity index (χ1v) is 8.44. The van der Waals surface area contributed by atoms with E-state index in [0.29, 0.717) is 12.1 Å². The Morgan fingerprint density at radius 3 is 2.95 bits per heavy atom. The molecule has 0 aliphatic heterocycles. The monoisotopic (exact) mass is 305 g/mol. The van der Waals surface area contributed by atoms with Gasteiger partial charge in [-0.3, -0.25) is 0 Å². The molecule has 3 heteroatoms. The minimum absolute atomic E-state index is 0.367. The third-order valence-electron chi connectivity index (χ3n) is 4.19. The number of nitrogens with one attached hydrogen (secondary N) is 1. The van der Waals surface area contributed by atoms with Crippen LogP contribution in [0.1, 0.15) is 53.4 Å². The smallest absolute Gasteiger partial charge is 0.0934 e. The molecule has 0 bridgehead atoms. The largest absolute Gasteiger partial charge is 0.303 e. The second kappa shape index (κ2) is 5.88. The SMILES string of the molecule is Cc1ccccc1[C@H](C)NC1CCCc2sc(Cl)cc21. The summed E-state index contributed by atoms with van der Waals surface area (Å²) in [7, 11) is 0. The summed E-state index contributed by atoms with van der Waals surface area (Å²) in [5.74, 6) is 0. The molecule has 0 fully saturated rings. The van der Waals surface area contributed by atoms with E-state index < -0.39 is 0 Å². The standard InChI is InChI=1S/C17H20ClNS/c1-11-6-3-4-7-13(11)12(2)19-15-8-5-9-16-14(15)10-17(18)20-16/h3-4,6-7,10,12,15,19H,5,8-9H2,1-2H3/t12-,15?/m0/s1. The Labute approximate surface area is 130 Å². The third-order valence-corrected chi connectivity index (χ3v) is 5.53. The summed E-state index contributed by atoms with van der Waals surface area (Å²) in [6.45, 7) is 4.44. The van der Waals surface area contributed by atoms with Crippen LogP contribution < -0.4 is 5.32 Å². The van der Waals surface area contributed by atoms with Gasteiger partial charge in [-0.05, 0) is 55.9 Å². The highest BCUT2D eigenvalue weighted by Gasteiger charge is 2.24. The molecule has 0 spiro atoms. The maximum Gasteiger partial charge on any atom is 0.0934 e. The predicted molar refractivity (Wildman–Crippen MR) is 87.7 cm³/mol. The van der Waals surface area contributed by atoms with Crippen LogP contribution >= 0.6 is 22.9 Å². The van der Waals surface area contributed by atoms with E-state index in [1.807, 2.05) is 0 Å². The average molecular weight is 306 g/mol. The molecule has 0 saturated carbocycles. The van der Waals surface area contributed by atoms with Crippen molar-refractivity contribution in [1.29, 1.82) is 0 Å². The van der Waals surface area contributed by atoms with Gasteiger partial charge in [-0.15, -0.1) is 11.3 Å². The van der Waals surface area contributed by atoms with Crippen molar-refractivity contribution >= 4 is 22.9 Å². The molecular formula is C17H20ClNS. The first-order chi connectivity index (χ1) is 9.65. The van der Waals surface area contributed by atoms with E-state index in [1.54, 1.807) is 11.3 Å². The van der Waals surface area contributed by atoms with Crippen LogP contribution in [-0.4, -0.2) is 0 Å². The Morgan fingerprint density at radius 1 is 1.35 bits per heavy atom. The molecule has 0 amide bonds. The zero-order chi connectivity index (χ0) is 14.1. The number of aryl methyl sites for hydroxylation is 2. The van der Waals surface area contributed by atoms with Crippen LogP contribution in [0, 0.1) is 6.92 Å². The van der Waals surface area contributed by atoms with Gasteiger partial charge in [-0.2, -0.15) is 0 Å². The summed E-state index contributed by atoms with van der Waals surface area (Å²) in [5.41, 5.74) is 4.17. The Bertz CT molecular complexity index is 605. The highest BCUT2D eigenvalue weighted by molar-refractivity contribution is 7.16. The lowest BCUT2D eigenvalue weighted by Gasteiger charge is -2.28. The van der Waals surface area contributed by atoms with Crippen molar-refractivity contribution in [3.05, 3.63) is 56.2 Å². The van der Waals surface area contributed by atoms with Gasteiger partial charge >= 0.3 is 0 Å². The van der Waals surface area contributed by atoms with Crippen LogP contribution in [0.5, 0.6) is 0 Å². The number of hydrogen-bond acceptors (Lipinski definition) is 2. The molecule has 106 valence electrons. The molecule has 1 aromatic carbocycles. The number of halogens is 1. The average Bonchev–Trinajstić information content (AvgIpc) is 2.80. The normalized spacial score (nSPS) is 19.6. The van der Waals surface area contributed by atoms with Gasteiger partial charge in [-0.1, -0.05) is 35.9 Å². The fraction of sp³-hybridized carbons (Fsp3) is 0.412. The Balaban J connectivity index is 1.80. The van der Waals surface area contributed by atoms with E-state index in [9.17, 15) is 0 Å². The van der Waals surface area contributed by atoms with Crippen molar-refractivity contribution in [2.45, 2.75) is 45.2 Å². The highest BCUT2D eigenvalue weighted by Crippen LogP contribution is 2.38. The molecule has 20 heavy (non-hydrogen) atoms. The summed E-state index contributed by atoms with van der Waals surface area (Å²) in [4.78, 5) is 1.47. The second-order valence-corrected chi connectivity index (χ2v) is 7.39. The summed E-state index contributed by atoms with van der Waals surface area (Å²) < 4.78 is 0.923. The Hall–Kier alpha value is -0.830. The van der Waals surface area contributed by atoms with Crippen LogP contribution in [-0.2, 0) is 6.42 Å². The molecular weight excluding hydrogens is 286 g/mol. The topological polar surface area (TPSA) is 12.0 Å². The molecule has 1 heterocycles. The van der Waals surface area contributed by atoms with Crippen LogP contribution in [0.25, 0.3) is 0 Å². The van der Waals surface area contributed by atoms with Gasteiger partial charge in [0.15, 0.2) is 0 Å². The lowest BCUT2D eigenvalue weighted by atomic mass is 9.92. The van der Waals surface area contributed by atoms with Crippen molar-refractivity contribution < 1.29 is 0 Å². The fourth-order valence-electron chi connectivity index (χ4n) is 3.16. The van der Waals surface area contributed by atoms with Gasteiger partial charge in [0.1, 0.15) is 0 Å². The summed E-state index contributed by atoms with van der Waals surface area (Å²) >= 11 is 7.93. The quantitative estimate of drug-likeness (QED) is 0.796. The summed E-state index contributed by atoms with van der Waals surface area (Å²) in [5, 5.41) is 3.79. The molecule has 1 aliphatic carbocycles. The summed E-state index contributed by atoms with van der Waals surface area (Å²) in [6, 6.07) is 11.6. The molecule has 2 aromatic rings. The Kier molecular flexibility index (Phi) is 4.16. The minimum Gasteiger partial charge on any atom is -0.303 e. The fourth-order valence-corrected chi connectivity index (χ4v) is 4.54. The number of thiophene rings is 1.